The molecule has 0 aliphatic heterocycles. The number of benzene rings is 1. The van der Waals surface area contributed by atoms with E-state index < -0.39 is 18.2 Å². The number of ether oxygens (including phenoxy) is 1. The summed E-state index contributed by atoms with van der Waals surface area (Å²) in [6.07, 6.45) is 1.07. The summed E-state index contributed by atoms with van der Waals surface area (Å²) in [4.78, 5) is 17.8. The molecule has 0 bridgehead atoms. The van der Waals surface area contributed by atoms with E-state index in [1.807, 2.05) is 13.0 Å². The van der Waals surface area contributed by atoms with Crippen LogP contribution >= 0.6 is 0 Å². The molecule has 9 heteroatoms. The van der Waals surface area contributed by atoms with Gasteiger partial charge in [0.2, 0.25) is 0 Å². The fourth-order valence-corrected chi connectivity index (χ4v) is 2.83. The van der Waals surface area contributed by atoms with E-state index in [1.165, 1.54) is 11.0 Å². The lowest BCUT2D eigenvalue weighted by molar-refractivity contribution is 0.0215. The topological polar surface area (TPSA) is 84.0 Å². The second kappa shape index (κ2) is 8.33. The van der Waals surface area contributed by atoms with Crippen molar-refractivity contribution >= 4 is 6.09 Å². The van der Waals surface area contributed by atoms with Crippen molar-refractivity contribution in [3.8, 4) is 17.5 Å². The van der Waals surface area contributed by atoms with Gasteiger partial charge in [-0.3, -0.25) is 0 Å². The lowest BCUT2D eigenvalue weighted by Gasteiger charge is -2.30. The molecule has 0 aliphatic rings. The molecule has 2 rings (SSSR count). The molecule has 1 heterocycles. The van der Waals surface area contributed by atoms with Crippen molar-refractivity contribution in [3.05, 3.63) is 35.7 Å². The third kappa shape index (κ3) is 4.63. The van der Waals surface area contributed by atoms with Gasteiger partial charge in [0.05, 0.1) is 17.7 Å². The first-order valence-electron chi connectivity index (χ1n) is 8.77. The quantitative estimate of drug-likeness (QED) is 0.748. The average Bonchev–Trinajstić information content (AvgIpc) is 3.10. The number of carbonyl (C=O) groups excluding carboxylic acids is 1. The second-order valence-electron chi connectivity index (χ2n) is 7.24. The van der Waals surface area contributed by atoms with Crippen molar-refractivity contribution < 1.29 is 18.3 Å². The molecule has 1 amide bonds. The maximum Gasteiger partial charge on any atom is 0.410 e. The lowest BCUT2D eigenvalue weighted by atomic mass is 9.97. The maximum absolute atomic E-state index is 13.2. The van der Waals surface area contributed by atoms with Gasteiger partial charge in [0.1, 0.15) is 11.9 Å². The molecule has 1 atom stereocenters. The van der Waals surface area contributed by atoms with Crippen LogP contribution < -0.4 is 0 Å². The first kappa shape index (κ1) is 21.3. The number of carbonyl (C=O) groups is 1. The molecule has 7 nitrogen and oxygen atoms in total. The highest BCUT2D eigenvalue weighted by Crippen LogP contribution is 2.31. The van der Waals surface area contributed by atoms with Gasteiger partial charge in [0.15, 0.2) is 5.82 Å². The van der Waals surface area contributed by atoms with Crippen molar-refractivity contribution in [2.24, 2.45) is 0 Å². The summed E-state index contributed by atoms with van der Waals surface area (Å²) >= 11 is 0. The number of hydrogen-bond donors (Lipinski definition) is 0. The van der Waals surface area contributed by atoms with E-state index in [2.05, 4.69) is 10.1 Å². The summed E-state index contributed by atoms with van der Waals surface area (Å²) in [5.74, 6) is -0.108. The summed E-state index contributed by atoms with van der Waals surface area (Å²) in [6, 6.07) is 6.43. The molecule has 0 fully saturated rings. The molecule has 150 valence electrons. The highest BCUT2D eigenvalue weighted by Gasteiger charge is 2.27. The number of amides is 1. The van der Waals surface area contributed by atoms with Crippen LogP contribution in [-0.2, 0) is 4.74 Å². The van der Waals surface area contributed by atoms with E-state index >= 15 is 0 Å². The van der Waals surface area contributed by atoms with Crippen molar-refractivity contribution in [2.45, 2.75) is 52.3 Å². The van der Waals surface area contributed by atoms with Crippen molar-refractivity contribution in [1.82, 2.24) is 19.7 Å². The zero-order chi connectivity index (χ0) is 21.1. The smallest absolute Gasteiger partial charge is 0.410 e. The molecular weight excluding hydrogens is 368 g/mol. The first-order valence-corrected chi connectivity index (χ1v) is 8.77. The van der Waals surface area contributed by atoms with Gasteiger partial charge in [-0.15, -0.1) is 0 Å². The largest absolute Gasteiger partial charge is 0.444 e. The Morgan fingerprint density at radius 1 is 1.39 bits per heavy atom. The van der Waals surface area contributed by atoms with E-state index in [4.69, 9.17) is 4.74 Å². The molecule has 0 saturated carbocycles. The Kier molecular flexibility index (Phi) is 6.33. The van der Waals surface area contributed by atoms with Crippen LogP contribution in [0.25, 0.3) is 11.4 Å². The van der Waals surface area contributed by atoms with Crippen molar-refractivity contribution in [2.75, 3.05) is 7.05 Å². The first-order chi connectivity index (χ1) is 13.1. The van der Waals surface area contributed by atoms with E-state index in [0.717, 1.165) is 6.33 Å². The van der Waals surface area contributed by atoms with Crippen LogP contribution in [0.15, 0.2) is 24.5 Å². The predicted molar refractivity (Wildman–Crippen MR) is 98.5 cm³/mol. The van der Waals surface area contributed by atoms with Gasteiger partial charge in [-0.25, -0.2) is 9.78 Å². The Morgan fingerprint density at radius 3 is 2.61 bits per heavy atom. The van der Waals surface area contributed by atoms with Gasteiger partial charge >= 0.3 is 12.6 Å². The third-order valence-electron chi connectivity index (χ3n) is 4.08. The molecular formula is C19H23F2N5O2. The van der Waals surface area contributed by atoms with Crippen LogP contribution in [0.1, 0.15) is 57.8 Å². The fraction of sp³-hybridized carbons (Fsp3) is 0.474. The highest BCUT2D eigenvalue weighted by atomic mass is 19.3. The average molecular weight is 391 g/mol. The van der Waals surface area contributed by atoms with Crippen LogP contribution in [-0.4, -0.2) is 38.4 Å². The van der Waals surface area contributed by atoms with Gasteiger partial charge < -0.3 is 9.64 Å². The van der Waals surface area contributed by atoms with Crippen LogP contribution in [0.2, 0.25) is 0 Å². The van der Waals surface area contributed by atoms with Gasteiger partial charge in [-0.1, -0.05) is 13.0 Å². The third-order valence-corrected chi connectivity index (χ3v) is 4.08. The maximum atomic E-state index is 13.2. The van der Waals surface area contributed by atoms with Crippen molar-refractivity contribution in [3.63, 3.8) is 0 Å². The molecule has 0 N–H and O–H groups in total. The van der Waals surface area contributed by atoms with E-state index in [1.54, 1.807) is 40.0 Å². The minimum Gasteiger partial charge on any atom is -0.444 e. The van der Waals surface area contributed by atoms with Gasteiger partial charge in [-0.2, -0.15) is 23.8 Å². The number of aromatic nitrogens is 3. The van der Waals surface area contributed by atoms with E-state index in [9.17, 15) is 18.8 Å². The zero-order valence-electron chi connectivity index (χ0n) is 16.5. The molecule has 28 heavy (non-hydrogen) atoms. The normalized spacial score (nSPS) is 12.5. The summed E-state index contributed by atoms with van der Waals surface area (Å²) in [6.45, 7) is 4.33. The monoisotopic (exact) mass is 391 g/mol. The van der Waals surface area contributed by atoms with Gasteiger partial charge in [0.25, 0.3) is 0 Å². The molecule has 2 aromatic rings. The molecule has 0 radical (unpaired) electrons. The Bertz CT molecular complexity index is 883. The number of nitriles is 1. The van der Waals surface area contributed by atoms with Crippen LogP contribution in [0, 0.1) is 11.3 Å². The van der Waals surface area contributed by atoms with E-state index in [-0.39, 0.29) is 23.0 Å². The predicted octanol–water partition coefficient (Wildman–Crippen LogP) is 4.53. The number of halogens is 2. The van der Waals surface area contributed by atoms with Crippen molar-refractivity contribution in [1.29, 1.82) is 5.26 Å². The number of alkyl halides is 2. The lowest BCUT2D eigenvalue weighted by Crippen LogP contribution is -2.36. The Balaban J connectivity index is 2.47. The standard InChI is InChI=1S/C19H23F2N5O2/c1-6-15(25(5)18(27)28-19(2,3)4)12-7-8-13(10-22)14(9-12)16-23-11-24-26(16)17(20)21/h7-9,11,15,17H,6H2,1-5H3/t15-/m1/s1. The fourth-order valence-electron chi connectivity index (χ4n) is 2.83. The molecule has 1 aromatic heterocycles. The van der Waals surface area contributed by atoms with Gasteiger partial charge in [0, 0.05) is 12.6 Å². The molecule has 1 aromatic carbocycles. The molecule has 0 aliphatic carbocycles. The number of hydrogen-bond acceptors (Lipinski definition) is 5. The SMILES string of the molecule is CC[C@H](c1ccc(C#N)c(-c2ncnn2C(F)F)c1)N(C)C(=O)OC(C)(C)C. The minimum absolute atomic E-state index is 0.108. The highest BCUT2D eigenvalue weighted by molar-refractivity contribution is 5.70. The van der Waals surface area contributed by atoms with E-state index in [0.29, 0.717) is 16.7 Å². The summed E-state index contributed by atoms with van der Waals surface area (Å²) < 4.78 is 32.3. The minimum atomic E-state index is -2.89. The molecule has 0 unspecified atom stereocenters. The van der Waals surface area contributed by atoms with Crippen LogP contribution in [0.5, 0.6) is 0 Å². The second-order valence-corrected chi connectivity index (χ2v) is 7.24. The molecule has 0 spiro atoms. The molecule has 0 saturated heterocycles. The van der Waals surface area contributed by atoms with Gasteiger partial charge in [-0.05, 0) is 44.9 Å². The zero-order valence-corrected chi connectivity index (χ0v) is 16.5. The summed E-state index contributed by atoms with van der Waals surface area (Å²) in [7, 11) is 1.61. The summed E-state index contributed by atoms with van der Waals surface area (Å²) in [5, 5.41) is 12.9. The van der Waals surface area contributed by atoms with Crippen LogP contribution in [0.4, 0.5) is 13.6 Å². The Hall–Kier alpha value is -3.02. The Labute approximate surface area is 162 Å². The number of rotatable bonds is 5. The van der Waals surface area contributed by atoms with Crippen LogP contribution in [0.3, 0.4) is 0 Å². The number of nitrogens with zero attached hydrogens (tertiary/aromatic N) is 5. The summed E-state index contributed by atoms with van der Waals surface area (Å²) in [5.41, 5.74) is 0.448. The Morgan fingerprint density at radius 2 is 2.07 bits per heavy atom.